The summed E-state index contributed by atoms with van der Waals surface area (Å²) in [5.41, 5.74) is 1.25. The van der Waals surface area contributed by atoms with E-state index in [-0.39, 0.29) is 0 Å². The smallest absolute Gasteiger partial charge is 0.354 e. The molecule has 5 heteroatoms. The first-order valence-corrected chi connectivity index (χ1v) is 6.60. The summed E-state index contributed by atoms with van der Waals surface area (Å²) in [6.07, 6.45) is 1.93. The lowest BCUT2D eigenvalue weighted by molar-refractivity contribution is 0.0687. The summed E-state index contributed by atoms with van der Waals surface area (Å²) < 4.78 is 1.71. The number of aromatic carboxylic acids is 1. The molecule has 1 aliphatic heterocycles. The number of nitrogens with zero attached hydrogens (tertiary/aromatic N) is 2. The van der Waals surface area contributed by atoms with Gasteiger partial charge in [-0.05, 0) is 5.92 Å². The van der Waals surface area contributed by atoms with Crippen LogP contribution >= 0.6 is 11.8 Å². The Bertz CT molecular complexity index is 454. The Morgan fingerprint density at radius 1 is 1.53 bits per heavy atom. The Morgan fingerprint density at radius 3 is 2.71 bits per heavy atom. The summed E-state index contributed by atoms with van der Waals surface area (Å²) in [5.74, 6) is -0.270. The van der Waals surface area contributed by atoms with Gasteiger partial charge in [0.15, 0.2) is 5.69 Å². The highest BCUT2D eigenvalue weighted by Gasteiger charge is 2.31. The SMILES string of the molecule is CC(C)C1CN(C)c2c(cn(C)c2C(=O)O)S1. The Hall–Kier alpha value is -1.10. The van der Waals surface area contributed by atoms with Crippen molar-refractivity contribution in [2.24, 2.45) is 13.0 Å². The number of thioether (sulfide) groups is 1. The van der Waals surface area contributed by atoms with Crippen molar-refractivity contribution in [1.29, 1.82) is 0 Å². The molecule has 0 fully saturated rings. The lowest BCUT2D eigenvalue weighted by atomic mass is 10.1. The molecule has 0 saturated carbocycles. The maximum absolute atomic E-state index is 11.3. The van der Waals surface area contributed by atoms with Crippen molar-refractivity contribution in [2.75, 3.05) is 18.5 Å². The highest BCUT2D eigenvalue weighted by Crippen LogP contribution is 2.43. The molecular formula is C12H18N2O2S. The molecule has 2 heterocycles. The fourth-order valence-corrected chi connectivity index (χ4v) is 3.68. The van der Waals surface area contributed by atoms with Crippen LogP contribution < -0.4 is 4.90 Å². The third-order valence-electron chi connectivity index (χ3n) is 3.18. The van der Waals surface area contributed by atoms with Crippen molar-refractivity contribution in [2.45, 2.75) is 24.0 Å². The summed E-state index contributed by atoms with van der Waals surface area (Å²) in [5, 5.41) is 9.77. The standard InChI is InChI=1S/C12H18N2O2S/c1-7(2)8-5-13(3)10-9(17-8)6-14(4)11(10)12(15)16/h6-8H,5H2,1-4H3,(H,15,16). The third kappa shape index (κ3) is 2.04. The molecule has 0 aliphatic carbocycles. The normalized spacial score (nSPS) is 19.6. The van der Waals surface area contributed by atoms with Gasteiger partial charge in [0, 0.05) is 37.0 Å². The fourth-order valence-electron chi connectivity index (χ4n) is 2.20. The number of anilines is 1. The first-order chi connectivity index (χ1) is 7.91. The zero-order valence-electron chi connectivity index (χ0n) is 10.6. The lowest BCUT2D eigenvalue weighted by Crippen LogP contribution is -2.34. The van der Waals surface area contributed by atoms with Crippen LogP contribution in [0.25, 0.3) is 0 Å². The number of aryl methyl sites for hydroxylation is 1. The predicted molar refractivity (Wildman–Crippen MR) is 70.1 cm³/mol. The summed E-state index contributed by atoms with van der Waals surface area (Å²) >= 11 is 1.80. The van der Waals surface area contributed by atoms with Crippen LogP contribution in [0, 0.1) is 5.92 Å². The van der Waals surface area contributed by atoms with Gasteiger partial charge in [-0.25, -0.2) is 4.79 Å². The molecule has 0 bridgehead atoms. The lowest BCUT2D eigenvalue weighted by Gasteiger charge is -2.33. The van der Waals surface area contributed by atoms with Gasteiger partial charge in [-0.2, -0.15) is 0 Å². The van der Waals surface area contributed by atoms with Gasteiger partial charge < -0.3 is 14.6 Å². The van der Waals surface area contributed by atoms with Gasteiger partial charge in [0.05, 0.1) is 5.69 Å². The van der Waals surface area contributed by atoms with Crippen LogP contribution in [0.15, 0.2) is 11.1 Å². The van der Waals surface area contributed by atoms with E-state index in [1.807, 2.05) is 13.2 Å². The van der Waals surface area contributed by atoms with Crippen molar-refractivity contribution < 1.29 is 9.90 Å². The topological polar surface area (TPSA) is 45.5 Å². The van der Waals surface area contributed by atoms with Crippen molar-refractivity contribution >= 4 is 23.4 Å². The van der Waals surface area contributed by atoms with Crippen molar-refractivity contribution in [3.05, 3.63) is 11.9 Å². The van der Waals surface area contributed by atoms with Crippen LogP contribution in [0.5, 0.6) is 0 Å². The molecule has 1 aromatic rings. The number of hydrogen-bond donors (Lipinski definition) is 1. The maximum atomic E-state index is 11.3. The van der Waals surface area contributed by atoms with Gasteiger partial charge in [-0.1, -0.05) is 13.8 Å². The highest BCUT2D eigenvalue weighted by atomic mass is 32.2. The Balaban J connectivity index is 2.45. The zero-order chi connectivity index (χ0) is 12.7. The van der Waals surface area contributed by atoms with Crippen LogP contribution in [-0.4, -0.2) is 34.5 Å². The number of carbonyl (C=O) groups is 1. The van der Waals surface area contributed by atoms with Crippen molar-refractivity contribution in [3.63, 3.8) is 0 Å². The predicted octanol–water partition coefficient (Wildman–Crippen LogP) is 2.29. The van der Waals surface area contributed by atoms with Gasteiger partial charge in [0.2, 0.25) is 0 Å². The first kappa shape index (κ1) is 12.4. The molecule has 2 rings (SSSR count). The summed E-state index contributed by atoms with van der Waals surface area (Å²) in [4.78, 5) is 14.4. The van der Waals surface area contributed by atoms with Gasteiger partial charge in [-0.15, -0.1) is 11.8 Å². The molecule has 0 radical (unpaired) electrons. The Morgan fingerprint density at radius 2 is 2.18 bits per heavy atom. The number of hydrogen-bond acceptors (Lipinski definition) is 3. The fraction of sp³-hybridized carbons (Fsp3) is 0.583. The molecule has 0 spiro atoms. The summed E-state index contributed by atoms with van der Waals surface area (Å²) in [6, 6.07) is 0. The van der Waals surface area contributed by atoms with E-state index >= 15 is 0 Å². The quantitative estimate of drug-likeness (QED) is 0.879. The molecule has 0 saturated heterocycles. The zero-order valence-corrected chi connectivity index (χ0v) is 11.4. The van der Waals surface area contributed by atoms with E-state index in [2.05, 4.69) is 18.7 Å². The molecule has 1 aliphatic rings. The van der Waals surface area contributed by atoms with E-state index in [1.165, 1.54) is 0 Å². The molecule has 1 N–H and O–H groups in total. The molecule has 0 aromatic carbocycles. The third-order valence-corrected chi connectivity index (χ3v) is 4.73. The van der Waals surface area contributed by atoms with E-state index in [0.717, 1.165) is 17.1 Å². The van der Waals surface area contributed by atoms with E-state index in [0.29, 0.717) is 16.9 Å². The van der Waals surface area contributed by atoms with Crippen molar-refractivity contribution in [3.8, 4) is 0 Å². The van der Waals surface area contributed by atoms with Gasteiger partial charge in [0.25, 0.3) is 0 Å². The largest absolute Gasteiger partial charge is 0.477 e. The van der Waals surface area contributed by atoms with E-state index < -0.39 is 5.97 Å². The Labute approximate surface area is 106 Å². The minimum atomic E-state index is -0.857. The molecule has 1 unspecified atom stereocenters. The Kier molecular flexibility index (Phi) is 3.12. The molecule has 1 atom stereocenters. The van der Waals surface area contributed by atoms with Gasteiger partial charge in [-0.3, -0.25) is 0 Å². The molecule has 17 heavy (non-hydrogen) atoms. The van der Waals surface area contributed by atoms with Crippen molar-refractivity contribution in [1.82, 2.24) is 4.57 Å². The monoisotopic (exact) mass is 254 g/mol. The van der Waals surface area contributed by atoms with Crippen LogP contribution in [-0.2, 0) is 7.05 Å². The van der Waals surface area contributed by atoms with E-state index in [4.69, 9.17) is 0 Å². The van der Waals surface area contributed by atoms with Crippen LogP contribution in [0.3, 0.4) is 0 Å². The second-order valence-corrected chi connectivity index (χ2v) is 6.17. The highest BCUT2D eigenvalue weighted by molar-refractivity contribution is 8.00. The summed E-state index contributed by atoms with van der Waals surface area (Å²) in [6.45, 7) is 5.31. The average Bonchev–Trinajstić information content (AvgIpc) is 2.54. The second-order valence-electron chi connectivity index (χ2n) is 4.89. The van der Waals surface area contributed by atoms with Crippen LogP contribution in [0.1, 0.15) is 24.3 Å². The van der Waals surface area contributed by atoms with E-state index in [1.54, 1.807) is 23.4 Å². The van der Waals surface area contributed by atoms with Crippen LogP contribution in [0.4, 0.5) is 5.69 Å². The minimum absolute atomic E-state index is 0.386. The van der Waals surface area contributed by atoms with E-state index in [9.17, 15) is 9.90 Å². The van der Waals surface area contributed by atoms with Crippen LogP contribution in [0.2, 0.25) is 0 Å². The minimum Gasteiger partial charge on any atom is -0.477 e. The molecule has 0 amide bonds. The van der Waals surface area contributed by atoms with Gasteiger partial charge in [0.1, 0.15) is 0 Å². The number of carboxylic acid groups (broad SMARTS) is 1. The molecule has 1 aromatic heterocycles. The molecule has 94 valence electrons. The number of fused-ring (bicyclic) bond motifs is 1. The second kappa shape index (κ2) is 4.29. The number of carboxylic acids is 1. The first-order valence-electron chi connectivity index (χ1n) is 5.72. The number of rotatable bonds is 2. The number of aromatic nitrogens is 1. The summed E-state index contributed by atoms with van der Waals surface area (Å²) in [7, 11) is 3.76. The average molecular weight is 254 g/mol. The van der Waals surface area contributed by atoms with Gasteiger partial charge >= 0.3 is 5.97 Å². The molecule has 4 nitrogen and oxygen atoms in total. The molecular weight excluding hydrogens is 236 g/mol. The maximum Gasteiger partial charge on any atom is 0.354 e.